The predicted molar refractivity (Wildman–Crippen MR) is 94.5 cm³/mol. The van der Waals surface area contributed by atoms with Gasteiger partial charge in [-0.3, -0.25) is 0 Å². The second-order valence-electron chi connectivity index (χ2n) is 5.94. The van der Waals surface area contributed by atoms with Gasteiger partial charge in [-0.15, -0.1) is 0 Å². The van der Waals surface area contributed by atoms with E-state index in [1.165, 1.54) is 35.2 Å². The van der Waals surface area contributed by atoms with Gasteiger partial charge in [0, 0.05) is 12.2 Å². The summed E-state index contributed by atoms with van der Waals surface area (Å²) in [5.74, 6) is 0.590. The Hall–Kier alpha value is -3.15. The molecule has 26 heavy (non-hydrogen) atoms. The van der Waals surface area contributed by atoms with Gasteiger partial charge in [0.15, 0.2) is 0 Å². The number of halogens is 2. The van der Waals surface area contributed by atoms with Crippen LogP contribution in [0.2, 0.25) is 0 Å². The fourth-order valence-corrected chi connectivity index (χ4v) is 2.54. The van der Waals surface area contributed by atoms with Crippen molar-refractivity contribution in [3.63, 3.8) is 0 Å². The molecule has 2 amide bonds. The van der Waals surface area contributed by atoms with Crippen LogP contribution in [-0.2, 0) is 13.1 Å². The molecule has 1 N–H and O–H groups in total. The van der Waals surface area contributed by atoms with E-state index >= 15 is 0 Å². The number of carbonyl (C=O) groups is 1. The first-order valence-electron chi connectivity index (χ1n) is 8.11. The summed E-state index contributed by atoms with van der Waals surface area (Å²) in [6.07, 6.45) is 0. The van der Waals surface area contributed by atoms with Crippen LogP contribution in [0.5, 0.6) is 0 Å². The van der Waals surface area contributed by atoms with Crippen LogP contribution in [0.1, 0.15) is 17.1 Å². The normalized spacial score (nSPS) is 10.6. The van der Waals surface area contributed by atoms with E-state index in [4.69, 9.17) is 4.42 Å². The molecule has 0 aliphatic heterocycles. The number of hydrogen-bond donors (Lipinski definition) is 1. The number of hydrogen-bond acceptors (Lipinski definition) is 2. The lowest BCUT2D eigenvalue weighted by molar-refractivity contribution is 0.201. The molecule has 1 aromatic heterocycles. The van der Waals surface area contributed by atoms with Crippen molar-refractivity contribution >= 4 is 11.7 Å². The minimum atomic E-state index is -0.436. The zero-order chi connectivity index (χ0) is 18.5. The van der Waals surface area contributed by atoms with Crippen LogP contribution < -0.4 is 5.32 Å². The van der Waals surface area contributed by atoms with Gasteiger partial charge in [0.1, 0.15) is 23.2 Å². The second kappa shape index (κ2) is 7.82. The topological polar surface area (TPSA) is 45.5 Å². The number of furan rings is 1. The summed E-state index contributed by atoms with van der Waals surface area (Å²) in [7, 11) is 0. The third kappa shape index (κ3) is 4.69. The Morgan fingerprint density at radius 1 is 1.00 bits per heavy atom. The molecule has 3 rings (SSSR count). The number of aryl methyl sites for hydroxylation is 1. The molecule has 1 heterocycles. The van der Waals surface area contributed by atoms with Crippen LogP contribution >= 0.6 is 0 Å². The number of amides is 2. The lowest BCUT2D eigenvalue weighted by Gasteiger charge is -2.22. The molecule has 0 fully saturated rings. The van der Waals surface area contributed by atoms with Crippen molar-refractivity contribution in [1.82, 2.24) is 4.90 Å². The summed E-state index contributed by atoms with van der Waals surface area (Å²) in [5.41, 5.74) is 1.12. The summed E-state index contributed by atoms with van der Waals surface area (Å²) in [6, 6.07) is 14.8. The molecule has 0 saturated heterocycles. The highest BCUT2D eigenvalue weighted by molar-refractivity contribution is 5.89. The number of nitrogens with zero attached hydrogens (tertiary/aromatic N) is 1. The van der Waals surface area contributed by atoms with Gasteiger partial charge < -0.3 is 14.6 Å². The fourth-order valence-electron chi connectivity index (χ4n) is 2.54. The van der Waals surface area contributed by atoms with Gasteiger partial charge in [0.05, 0.1) is 6.54 Å². The number of carbonyl (C=O) groups excluding carboxylic acids is 1. The minimum absolute atomic E-state index is 0.229. The van der Waals surface area contributed by atoms with Gasteiger partial charge in [0.25, 0.3) is 0 Å². The largest absolute Gasteiger partial charge is 0.464 e. The Morgan fingerprint density at radius 2 is 1.77 bits per heavy atom. The molecule has 0 saturated carbocycles. The smallest absolute Gasteiger partial charge is 0.322 e. The van der Waals surface area contributed by atoms with Gasteiger partial charge in [-0.05, 0) is 55.0 Å². The summed E-state index contributed by atoms with van der Waals surface area (Å²) >= 11 is 0. The van der Waals surface area contributed by atoms with Crippen LogP contribution in [0.3, 0.4) is 0 Å². The zero-order valence-corrected chi connectivity index (χ0v) is 14.2. The molecule has 6 heteroatoms. The fraction of sp³-hybridized carbons (Fsp3) is 0.150. The molecule has 0 bridgehead atoms. The van der Waals surface area contributed by atoms with E-state index in [1.54, 1.807) is 24.3 Å². The average Bonchev–Trinajstić information content (AvgIpc) is 3.01. The highest BCUT2D eigenvalue weighted by Crippen LogP contribution is 2.16. The van der Waals surface area contributed by atoms with E-state index in [-0.39, 0.29) is 18.9 Å². The Labute approximate surface area is 150 Å². The first-order chi connectivity index (χ1) is 12.5. The molecular weight excluding hydrogens is 338 g/mol. The Balaban J connectivity index is 1.78. The molecule has 0 atom stereocenters. The Morgan fingerprint density at radius 3 is 2.42 bits per heavy atom. The van der Waals surface area contributed by atoms with Gasteiger partial charge in [-0.1, -0.05) is 18.2 Å². The maximum atomic E-state index is 13.3. The van der Waals surface area contributed by atoms with E-state index < -0.39 is 11.8 Å². The molecule has 0 radical (unpaired) electrons. The average molecular weight is 356 g/mol. The molecule has 134 valence electrons. The quantitative estimate of drug-likeness (QED) is 0.691. The highest BCUT2D eigenvalue weighted by atomic mass is 19.1. The molecular formula is C20H18F2N2O2. The number of nitrogens with one attached hydrogen (secondary N) is 1. The van der Waals surface area contributed by atoms with Crippen molar-refractivity contribution in [2.24, 2.45) is 0 Å². The minimum Gasteiger partial charge on any atom is -0.464 e. The Kier molecular flexibility index (Phi) is 5.31. The number of rotatable bonds is 5. The van der Waals surface area contributed by atoms with Gasteiger partial charge in [0.2, 0.25) is 0 Å². The molecule has 0 aliphatic carbocycles. The van der Waals surface area contributed by atoms with Crippen molar-refractivity contribution < 1.29 is 18.0 Å². The third-order valence-electron chi connectivity index (χ3n) is 3.79. The van der Waals surface area contributed by atoms with E-state index in [2.05, 4.69) is 5.32 Å². The van der Waals surface area contributed by atoms with E-state index in [0.29, 0.717) is 11.4 Å². The number of urea groups is 1. The zero-order valence-electron chi connectivity index (χ0n) is 14.2. The van der Waals surface area contributed by atoms with Crippen LogP contribution in [0.4, 0.5) is 19.3 Å². The standard InChI is InChI=1S/C20H18F2N2O2/c1-14-5-10-19(26-14)13-24(12-15-6-8-16(21)9-7-15)20(25)23-18-4-2-3-17(22)11-18/h2-11H,12-13H2,1H3,(H,23,25). The van der Waals surface area contributed by atoms with Crippen molar-refractivity contribution in [2.45, 2.75) is 20.0 Å². The summed E-state index contributed by atoms with van der Waals surface area (Å²) in [6.45, 7) is 2.30. The molecule has 0 aliphatic rings. The third-order valence-corrected chi connectivity index (χ3v) is 3.79. The molecule has 0 unspecified atom stereocenters. The van der Waals surface area contributed by atoms with Crippen molar-refractivity contribution in [3.8, 4) is 0 Å². The SMILES string of the molecule is Cc1ccc(CN(Cc2ccc(F)cc2)C(=O)Nc2cccc(F)c2)o1. The van der Waals surface area contributed by atoms with Crippen molar-refractivity contribution in [3.05, 3.63) is 89.4 Å². The summed E-state index contributed by atoms with van der Waals surface area (Å²) in [4.78, 5) is 14.2. The maximum absolute atomic E-state index is 13.3. The first kappa shape index (κ1) is 17.7. The van der Waals surface area contributed by atoms with Crippen molar-refractivity contribution in [1.29, 1.82) is 0 Å². The van der Waals surface area contributed by atoms with Crippen LogP contribution in [-0.4, -0.2) is 10.9 Å². The van der Waals surface area contributed by atoms with E-state index in [0.717, 1.165) is 11.3 Å². The lowest BCUT2D eigenvalue weighted by atomic mass is 10.2. The van der Waals surface area contributed by atoms with E-state index in [1.807, 2.05) is 13.0 Å². The van der Waals surface area contributed by atoms with Crippen LogP contribution in [0, 0.1) is 18.6 Å². The molecule has 0 spiro atoms. The highest BCUT2D eigenvalue weighted by Gasteiger charge is 2.17. The molecule has 3 aromatic rings. The molecule has 4 nitrogen and oxygen atoms in total. The lowest BCUT2D eigenvalue weighted by Crippen LogP contribution is -2.34. The number of anilines is 1. The Bertz CT molecular complexity index is 891. The van der Waals surface area contributed by atoms with Gasteiger partial charge in [-0.2, -0.15) is 0 Å². The van der Waals surface area contributed by atoms with Gasteiger partial charge >= 0.3 is 6.03 Å². The number of benzene rings is 2. The van der Waals surface area contributed by atoms with Crippen LogP contribution in [0.15, 0.2) is 65.1 Å². The van der Waals surface area contributed by atoms with E-state index in [9.17, 15) is 13.6 Å². The van der Waals surface area contributed by atoms with Crippen LogP contribution in [0.25, 0.3) is 0 Å². The maximum Gasteiger partial charge on any atom is 0.322 e. The first-order valence-corrected chi connectivity index (χ1v) is 8.11. The molecule has 2 aromatic carbocycles. The second-order valence-corrected chi connectivity index (χ2v) is 5.94. The summed E-state index contributed by atoms with van der Waals surface area (Å²) in [5, 5.41) is 2.67. The monoisotopic (exact) mass is 356 g/mol. The van der Waals surface area contributed by atoms with Gasteiger partial charge in [-0.25, -0.2) is 13.6 Å². The van der Waals surface area contributed by atoms with Crippen molar-refractivity contribution in [2.75, 3.05) is 5.32 Å². The summed E-state index contributed by atoms with van der Waals surface area (Å²) < 4.78 is 32.0. The predicted octanol–water partition coefficient (Wildman–Crippen LogP) is 5.10.